The van der Waals surface area contributed by atoms with Crippen LogP contribution in [0.3, 0.4) is 0 Å². The largest absolute Gasteiger partial charge is 0.465 e. The van der Waals surface area contributed by atoms with Crippen molar-refractivity contribution in [3.05, 3.63) is 23.1 Å². The van der Waals surface area contributed by atoms with Crippen LogP contribution in [0.15, 0.2) is 23.1 Å². The fourth-order valence-electron chi connectivity index (χ4n) is 2.27. The number of carbonyl (C=O) groups is 1. The van der Waals surface area contributed by atoms with Gasteiger partial charge in [0.25, 0.3) is 0 Å². The van der Waals surface area contributed by atoms with Gasteiger partial charge in [-0.3, -0.25) is 4.98 Å². The number of nitrogens with one attached hydrogen (secondary N) is 1. The zero-order valence-electron chi connectivity index (χ0n) is 10.7. The van der Waals surface area contributed by atoms with E-state index in [-0.39, 0.29) is 13.1 Å². The Morgan fingerprint density at radius 2 is 2.05 bits per heavy atom. The lowest BCUT2D eigenvalue weighted by molar-refractivity contribution is 0.152. The lowest BCUT2D eigenvalue weighted by atomic mass is 10.2. The first kappa shape index (κ1) is 13.9. The van der Waals surface area contributed by atoms with Crippen molar-refractivity contribution in [1.82, 2.24) is 19.9 Å². The molecule has 7 nitrogen and oxygen atoms in total. The van der Waals surface area contributed by atoms with Crippen molar-refractivity contribution in [2.75, 3.05) is 18.4 Å². The Labute approximate surface area is 127 Å². The molecular weight excluding hydrogens is 345 g/mol. The molecule has 0 spiro atoms. The van der Waals surface area contributed by atoms with Crippen LogP contribution in [0.1, 0.15) is 0 Å². The topological polar surface area (TPSA) is 91.2 Å². The zero-order valence-corrected chi connectivity index (χ0v) is 12.3. The van der Waals surface area contributed by atoms with Gasteiger partial charge >= 0.3 is 6.09 Å². The molecule has 2 aromatic heterocycles. The van der Waals surface area contributed by atoms with E-state index in [4.69, 9.17) is 5.11 Å². The second kappa shape index (κ2) is 5.40. The molecule has 2 aromatic rings. The highest BCUT2D eigenvalue weighted by Crippen LogP contribution is 2.26. The summed E-state index contributed by atoms with van der Waals surface area (Å²) in [5.41, 5.74) is 1.12. The minimum atomic E-state index is -1.29. The zero-order chi connectivity index (χ0) is 15.0. The van der Waals surface area contributed by atoms with E-state index < -0.39 is 18.3 Å². The molecule has 1 aliphatic rings. The predicted octanol–water partition coefficient (Wildman–Crippen LogP) is 1.90. The third-order valence-corrected chi connectivity index (χ3v) is 3.88. The van der Waals surface area contributed by atoms with E-state index in [9.17, 15) is 9.18 Å². The Hall–Kier alpha value is -2.03. The first-order valence-corrected chi connectivity index (χ1v) is 6.99. The Morgan fingerprint density at radius 3 is 2.71 bits per heavy atom. The maximum Gasteiger partial charge on any atom is 0.407 e. The number of likely N-dealkylation sites (tertiary alicyclic amines) is 1. The van der Waals surface area contributed by atoms with Crippen LogP contribution < -0.4 is 5.32 Å². The van der Waals surface area contributed by atoms with E-state index >= 15 is 0 Å². The van der Waals surface area contributed by atoms with Crippen LogP contribution in [-0.2, 0) is 0 Å². The van der Waals surface area contributed by atoms with Crippen molar-refractivity contribution in [3.8, 4) is 0 Å². The molecule has 3 rings (SSSR count). The third-order valence-electron chi connectivity index (χ3n) is 3.30. The van der Waals surface area contributed by atoms with Gasteiger partial charge in [0.1, 0.15) is 17.2 Å². The maximum atomic E-state index is 13.9. The lowest BCUT2D eigenvalue weighted by Crippen LogP contribution is -2.31. The van der Waals surface area contributed by atoms with Crippen LogP contribution in [0.25, 0.3) is 11.0 Å². The molecule has 0 bridgehead atoms. The van der Waals surface area contributed by atoms with Crippen LogP contribution in [0.4, 0.5) is 15.0 Å². The van der Waals surface area contributed by atoms with Crippen LogP contribution in [0.2, 0.25) is 0 Å². The smallest absolute Gasteiger partial charge is 0.407 e. The summed E-state index contributed by atoms with van der Waals surface area (Å²) in [5.74, 6) is 0.390. The molecule has 0 aromatic carbocycles. The summed E-state index contributed by atoms with van der Waals surface area (Å²) in [5, 5.41) is 11.8. The van der Waals surface area contributed by atoms with E-state index in [0.717, 1.165) is 4.90 Å². The van der Waals surface area contributed by atoms with Crippen molar-refractivity contribution in [3.63, 3.8) is 0 Å². The number of anilines is 1. The van der Waals surface area contributed by atoms with E-state index in [1.807, 2.05) is 0 Å². The minimum Gasteiger partial charge on any atom is -0.465 e. The van der Waals surface area contributed by atoms with E-state index in [1.165, 1.54) is 6.20 Å². The number of amides is 1. The second-order valence-corrected chi connectivity index (χ2v) is 5.52. The van der Waals surface area contributed by atoms with Crippen molar-refractivity contribution in [1.29, 1.82) is 0 Å². The molecule has 2 N–H and O–H groups in total. The van der Waals surface area contributed by atoms with Gasteiger partial charge in [0.05, 0.1) is 17.1 Å². The normalized spacial score (nSPS) is 21.7. The number of halogens is 2. The first-order valence-electron chi connectivity index (χ1n) is 6.20. The molecule has 110 valence electrons. The summed E-state index contributed by atoms with van der Waals surface area (Å²) >= 11 is 3.33. The monoisotopic (exact) mass is 355 g/mol. The number of fused-ring (bicyclic) bond motifs is 1. The van der Waals surface area contributed by atoms with E-state index in [2.05, 4.69) is 36.2 Å². The number of carboxylic acid groups (broad SMARTS) is 1. The molecule has 2 atom stereocenters. The van der Waals surface area contributed by atoms with Gasteiger partial charge < -0.3 is 15.3 Å². The fraction of sp³-hybridized carbons (Fsp3) is 0.333. The first-order chi connectivity index (χ1) is 10.1. The number of hydrogen-bond acceptors (Lipinski definition) is 5. The molecule has 1 aliphatic heterocycles. The lowest BCUT2D eigenvalue weighted by Gasteiger charge is -2.16. The molecule has 0 radical (unpaired) electrons. The van der Waals surface area contributed by atoms with Crippen molar-refractivity contribution in [2.45, 2.75) is 12.2 Å². The van der Waals surface area contributed by atoms with Crippen LogP contribution >= 0.6 is 15.9 Å². The fourth-order valence-corrected chi connectivity index (χ4v) is 2.66. The Balaban J connectivity index is 1.89. The summed E-state index contributed by atoms with van der Waals surface area (Å²) in [6, 6.07) is -0.653. The molecule has 21 heavy (non-hydrogen) atoms. The number of alkyl halides is 1. The highest BCUT2D eigenvalue weighted by Gasteiger charge is 2.36. The molecular formula is C12H11BrFN5O2. The molecule has 3 heterocycles. The number of pyridine rings is 1. The summed E-state index contributed by atoms with van der Waals surface area (Å²) in [6.07, 6.45) is 2.20. The minimum absolute atomic E-state index is 0.0655. The highest BCUT2D eigenvalue weighted by molar-refractivity contribution is 9.10. The number of aromatic nitrogens is 3. The summed E-state index contributed by atoms with van der Waals surface area (Å²) in [4.78, 5) is 24.5. The molecule has 0 saturated carbocycles. The van der Waals surface area contributed by atoms with Gasteiger partial charge in [-0.15, -0.1) is 0 Å². The standard InChI is InChI=1S/C12H11BrFN5O2/c13-6-3-17-11(10-9(6)15-1-2-16-10)18-8-5-19(12(20)21)4-7(8)14/h1-3,7-8H,4-5H2,(H,17,18)(H,20,21)/t7-,8+/m0/s1. The Morgan fingerprint density at radius 1 is 1.33 bits per heavy atom. The van der Waals surface area contributed by atoms with Crippen LogP contribution in [0.5, 0.6) is 0 Å². The molecule has 1 fully saturated rings. The quantitative estimate of drug-likeness (QED) is 0.854. The molecule has 1 saturated heterocycles. The number of rotatable bonds is 2. The SMILES string of the molecule is O=C(O)N1C[C@H](F)[C@H](Nc2ncc(Br)c3nccnc23)C1. The molecule has 0 aliphatic carbocycles. The summed E-state index contributed by atoms with van der Waals surface area (Å²) in [7, 11) is 0. The van der Waals surface area contributed by atoms with Crippen molar-refractivity contribution >= 4 is 38.9 Å². The molecule has 9 heteroatoms. The average molecular weight is 356 g/mol. The number of hydrogen-bond donors (Lipinski definition) is 2. The molecule has 0 unspecified atom stereocenters. The average Bonchev–Trinajstić information content (AvgIpc) is 2.84. The second-order valence-electron chi connectivity index (χ2n) is 4.66. The third kappa shape index (κ3) is 2.60. The maximum absolute atomic E-state index is 13.9. The van der Waals surface area contributed by atoms with E-state index in [1.54, 1.807) is 12.4 Å². The van der Waals surface area contributed by atoms with E-state index in [0.29, 0.717) is 21.3 Å². The molecule has 1 amide bonds. The predicted molar refractivity (Wildman–Crippen MR) is 76.9 cm³/mol. The van der Waals surface area contributed by atoms with Gasteiger partial charge in [-0.2, -0.15) is 0 Å². The van der Waals surface area contributed by atoms with Gasteiger partial charge in [-0.1, -0.05) is 0 Å². The van der Waals surface area contributed by atoms with Crippen molar-refractivity contribution < 1.29 is 14.3 Å². The highest BCUT2D eigenvalue weighted by atomic mass is 79.9. The van der Waals surface area contributed by atoms with Crippen LogP contribution in [0, 0.1) is 0 Å². The Bertz CT molecular complexity index is 700. The number of nitrogens with zero attached hydrogens (tertiary/aromatic N) is 4. The summed E-state index contributed by atoms with van der Waals surface area (Å²) in [6.45, 7) is -0.0802. The summed E-state index contributed by atoms with van der Waals surface area (Å²) < 4.78 is 14.6. The van der Waals surface area contributed by atoms with Gasteiger partial charge in [-0.25, -0.2) is 19.2 Å². The van der Waals surface area contributed by atoms with Crippen LogP contribution in [-0.4, -0.2) is 56.4 Å². The van der Waals surface area contributed by atoms with Crippen molar-refractivity contribution in [2.24, 2.45) is 0 Å². The Kier molecular flexibility index (Phi) is 3.58. The van der Waals surface area contributed by atoms with Gasteiger partial charge in [0.15, 0.2) is 5.82 Å². The van der Waals surface area contributed by atoms with Gasteiger partial charge in [0, 0.05) is 25.1 Å². The van der Waals surface area contributed by atoms with Gasteiger partial charge in [0.2, 0.25) is 0 Å². The van der Waals surface area contributed by atoms with Gasteiger partial charge in [-0.05, 0) is 15.9 Å².